The van der Waals surface area contributed by atoms with Crippen LogP contribution in [0, 0.1) is 24.0 Å². The zero-order chi connectivity index (χ0) is 27.2. The minimum absolute atomic E-state index is 0.0447. The number of hydrogen-bond acceptors (Lipinski definition) is 7. The first-order chi connectivity index (χ1) is 18.0. The summed E-state index contributed by atoms with van der Waals surface area (Å²) in [6.45, 7) is 5.04. The molecule has 1 aliphatic heterocycles. The van der Waals surface area contributed by atoms with Gasteiger partial charge in [-0.1, -0.05) is 18.2 Å². The molecule has 38 heavy (non-hydrogen) atoms. The van der Waals surface area contributed by atoms with Gasteiger partial charge in [-0.15, -0.1) is 0 Å². The van der Waals surface area contributed by atoms with E-state index in [9.17, 15) is 23.3 Å². The average molecular weight is 534 g/mol. The molecule has 0 bridgehead atoms. The number of nitrogens with zero attached hydrogens (tertiary/aromatic N) is 4. The Hall–Kier alpha value is -4.12. The molecule has 1 amide bonds. The van der Waals surface area contributed by atoms with Gasteiger partial charge in [-0.05, 0) is 55.4 Å². The number of likely N-dealkylation sites (tertiary alicyclic amines) is 1. The first-order valence-electron chi connectivity index (χ1n) is 12.2. The lowest BCUT2D eigenvalue weighted by molar-refractivity contribution is -0.384. The maximum atomic E-state index is 13.5. The predicted molar refractivity (Wildman–Crippen MR) is 143 cm³/mol. The van der Waals surface area contributed by atoms with Crippen LogP contribution in [-0.4, -0.2) is 58.4 Å². The summed E-state index contributed by atoms with van der Waals surface area (Å²) in [5, 5.41) is 10.9. The number of nitro groups is 1. The van der Waals surface area contributed by atoms with Crippen LogP contribution in [0.4, 0.5) is 5.69 Å². The number of imidazole rings is 1. The molecule has 5 rings (SSSR count). The van der Waals surface area contributed by atoms with Crippen LogP contribution in [0.1, 0.15) is 45.8 Å². The molecule has 1 N–H and O–H groups in total. The second kappa shape index (κ2) is 9.64. The van der Waals surface area contributed by atoms with Crippen molar-refractivity contribution in [2.75, 3.05) is 19.3 Å². The lowest BCUT2D eigenvalue weighted by Crippen LogP contribution is -2.38. The van der Waals surface area contributed by atoms with Gasteiger partial charge in [-0.2, -0.15) is 0 Å². The lowest BCUT2D eigenvalue weighted by Gasteiger charge is -2.32. The van der Waals surface area contributed by atoms with Crippen LogP contribution in [0.25, 0.3) is 22.4 Å². The number of aromatic amines is 1. The van der Waals surface area contributed by atoms with Crippen LogP contribution in [0.5, 0.6) is 0 Å². The molecule has 1 fully saturated rings. The van der Waals surface area contributed by atoms with Crippen LogP contribution >= 0.6 is 0 Å². The molecule has 0 radical (unpaired) electrons. The molecule has 3 heterocycles. The van der Waals surface area contributed by atoms with Gasteiger partial charge in [0.15, 0.2) is 14.9 Å². The van der Waals surface area contributed by atoms with Crippen LogP contribution in [0.2, 0.25) is 0 Å². The number of non-ortho nitro benzene ring substituents is 1. The monoisotopic (exact) mass is 533 g/mol. The highest BCUT2D eigenvalue weighted by Gasteiger charge is 2.26. The third-order valence-electron chi connectivity index (χ3n) is 7.14. The Morgan fingerprint density at radius 3 is 2.39 bits per heavy atom. The molecule has 11 heteroatoms. The number of nitro benzene ring substituents is 1. The number of nitrogens with one attached hydrogen (secondary N) is 1. The highest BCUT2D eigenvalue weighted by atomic mass is 32.2. The van der Waals surface area contributed by atoms with E-state index in [-0.39, 0.29) is 22.5 Å². The SMILES string of the molecule is Cc1cc(C)c(-c2nc3cc(S(C)(=O)=O)ncc3[nH]2)cc1C(=O)N1CCC(c2ccc([N+](=O)[O-])cc2)CC1. The van der Waals surface area contributed by atoms with Crippen LogP contribution in [0.3, 0.4) is 0 Å². The van der Waals surface area contributed by atoms with Gasteiger partial charge >= 0.3 is 0 Å². The quantitative estimate of drug-likeness (QED) is 0.293. The Kier molecular flexibility index (Phi) is 6.47. The number of piperidine rings is 1. The van der Waals surface area contributed by atoms with E-state index >= 15 is 0 Å². The number of carbonyl (C=O) groups excluding carboxylic acids is 1. The van der Waals surface area contributed by atoms with Crippen LogP contribution < -0.4 is 0 Å². The van der Waals surface area contributed by atoms with Crippen molar-refractivity contribution in [3.8, 4) is 11.4 Å². The number of benzene rings is 2. The maximum Gasteiger partial charge on any atom is 0.269 e. The molecule has 10 nitrogen and oxygen atoms in total. The second-order valence-electron chi connectivity index (χ2n) is 9.79. The molecular weight excluding hydrogens is 506 g/mol. The summed E-state index contributed by atoms with van der Waals surface area (Å²) in [6, 6.07) is 11.9. The summed E-state index contributed by atoms with van der Waals surface area (Å²) < 4.78 is 23.8. The normalized spacial score (nSPS) is 14.7. The van der Waals surface area contributed by atoms with Gasteiger partial charge in [0.25, 0.3) is 11.6 Å². The summed E-state index contributed by atoms with van der Waals surface area (Å²) in [7, 11) is -3.46. The van der Waals surface area contributed by atoms with Crippen molar-refractivity contribution >= 4 is 32.5 Å². The minimum Gasteiger partial charge on any atom is -0.339 e. The van der Waals surface area contributed by atoms with Crippen molar-refractivity contribution in [2.24, 2.45) is 0 Å². The van der Waals surface area contributed by atoms with E-state index in [1.165, 1.54) is 24.4 Å². The molecule has 2 aromatic carbocycles. The fraction of sp³-hybridized carbons (Fsp3) is 0.296. The Bertz CT molecular complexity index is 1670. The number of fused-ring (bicyclic) bond motifs is 1. The van der Waals surface area contributed by atoms with Crippen molar-refractivity contribution < 1.29 is 18.1 Å². The first kappa shape index (κ1) is 25.5. The van der Waals surface area contributed by atoms with Crippen molar-refractivity contribution in [1.82, 2.24) is 19.9 Å². The van der Waals surface area contributed by atoms with E-state index in [4.69, 9.17) is 0 Å². The number of carbonyl (C=O) groups is 1. The lowest BCUT2D eigenvalue weighted by atomic mass is 9.89. The van der Waals surface area contributed by atoms with Gasteiger partial charge in [-0.3, -0.25) is 14.9 Å². The Morgan fingerprint density at radius 1 is 1.08 bits per heavy atom. The highest BCUT2D eigenvalue weighted by molar-refractivity contribution is 7.90. The molecule has 4 aromatic rings. The van der Waals surface area contributed by atoms with E-state index in [1.807, 2.05) is 30.9 Å². The van der Waals surface area contributed by atoms with Gasteiger partial charge in [0.2, 0.25) is 0 Å². The molecule has 196 valence electrons. The van der Waals surface area contributed by atoms with Crippen LogP contribution in [0.15, 0.2) is 53.7 Å². The maximum absolute atomic E-state index is 13.5. The van der Waals surface area contributed by atoms with Gasteiger partial charge in [-0.25, -0.2) is 18.4 Å². The third kappa shape index (κ3) is 4.89. The molecular formula is C27H27N5O5S. The minimum atomic E-state index is -3.46. The predicted octanol–water partition coefficient (Wildman–Crippen LogP) is 4.57. The van der Waals surface area contributed by atoms with Crippen molar-refractivity contribution in [2.45, 2.75) is 37.6 Å². The Labute approximate surface area is 219 Å². The number of H-pyrrole nitrogens is 1. The van der Waals surface area contributed by atoms with E-state index in [2.05, 4.69) is 15.0 Å². The summed E-state index contributed by atoms with van der Waals surface area (Å²) in [5.74, 6) is 0.731. The summed E-state index contributed by atoms with van der Waals surface area (Å²) in [6.07, 6.45) is 4.11. The molecule has 0 spiro atoms. The number of hydrogen-bond donors (Lipinski definition) is 1. The molecule has 0 aliphatic carbocycles. The van der Waals surface area contributed by atoms with E-state index in [0.29, 0.717) is 35.5 Å². The standard InChI is InChI=1S/C27H27N5O5S/c1-16-12-17(2)22(13-21(16)26-29-23-14-25(38(3,36)37)28-15-24(23)30-26)27(33)31-10-8-19(9-11-31)18-4-6-20(7-5-18)32(34)35/h4-7,12-15,19H,8-11H2,1-3H3,(H,29,30). The Balaban J connectivity index is 1.37. The largest absolute Gasteiger partial charge is 0.339 e. The van der Waals surface area contributed by atoms with Gasteiger partial charge < -0.3 is 9.88 Å². The zero-order valence-electron chi connectivity index (χ0n) is 21.3. The number of amides is 1. The number of pyridine rings is 1. The fourth-order valence-corrected chi connectivity index (χ4v) is 5.58. The van der Waals surface area contributed by atoms with Gasteiger partial charge in [0.05, 0.1) is 22.2 Å². The van der Waals surface area contributed by atoms with Gasteiger partial charge in [0, 0.05) is 48.7 Å². The average Bonchev–Trinajstić information content (AvgIpc) is 3.31. The summed E-state index contributed by atoms with van der Waals surface area (Å²) in [5.41, 5.74) is 5.37. The summed E-state index contributed by atoms with van der Waals surface area (Å²) in [4.78, 5) is 37.7. The molecule has 2 aromatic heterocycles. The smallest absolute Gasteiger partial charge is 0.269 e. The molecule has 0 unspecified atom stereocenters. The van der Waals surface area contributed by atoms with Gasteiger partial charge in [0.1, 0.15) is 5.82 Å². The summed E-state index contributed by atoms with van der Waals surface area (Å²) >= 11 is 0. The second-order valence-corrected chi connectivity index (χ2v) is 11.8. The first-order valence-corrected chi connectivity index (χ1v) is 14.1. The number of aryl methyl sites for hydroxylation is 2. The zero-order valence-corrected chi connectivity index (χ0v) is 22.1. The number of rotatable bonds is 5. The number of aromatic nitrogens is 3. The van der Waals surface area contributed by atoms with Crippen LogP contribution in [-0.2, 0) is 9.84 Å². The van der Waals surface area contributed by atoms with E-state index in [1.54, 1.807) is 12.1 Å². The molecule has 1 saturated heterocycles. The molecule has 0 saturated carbocycles. The van der Waals surface area contributed by atoms with Crippen molar-refractivity contribution in [3.63, 3.8) is 0 Å². The molecule has 0 atom stereocenters. The highest BCUT2D eigenvalue weighted by Crippen LogP contribution is 2.32. The van der Waals surface area contributed by atoms with Crippen molar-refractivity contribution in [3.05, 3.63) is 81.0 Å². The topological polar surface area (TPSA) is 139 Å². The van der Waals surface area contributed by atoms with E-state index < -0.39 is 14.8 Å². The third-order valence-corrected chi connectivity index (χ3v) is 8.12. The number of sulfone groups is 1. The van der Waals surface area contributed by atoms with Crippen molar-refractivity contribution in [1.29, 1.82) is 0 Å². The van der Waals surface area contributed by atoms with E-state index in [0.717, 1.165) is 41.4 Å². The Morgan fingerprint density at radius 2 is 1.76 bits per heavy atom. The molecule has 1 aliphatic rings. The fourth-order valence-electron chi connectivity index (χ4n) is 5.01.